The predicted octanol–water partition coefficient (Wildman–Crippen LogP) is 1.61. The van der Waals surface area contributed by atoms with Crippen molar-refractivity contribution in [3.63, 3.8) is 0 Å². The quantitative estimate of drug-likeness (QED) is 0.635. The fourth-order valence-electron chi connectivity index (χ4n) is 2.35. The normalized spacial score (nSPS) is 20.7. The third-order valence-electron chi connectivity index (χ3n) is 3.34. The van der Waals surface area contributed by atoms with Gasteiger partial charge >= 0.3 is 0 Å². The summed E-state index contributed by atoms with van der Waals surface area (Å²) in [7, 11) is 0. The molecule has 0 saturated heterocycles. The number of phenolic OH excluding ortho intramolecular Hbond substituents is 3. The van der Waals surface area contributed by atoms with Crippen molar-refractivity contribution in [2.45, 2.75) is 12.2 Å². The first kappa shape index (κ1) is 13.3. The monoisotopic (exact) mass is 288 g/mol. The first-order chi connectivity index (χ1) is 9.89. The lowest BCUT2D eigenvalue weighted by atomic mass is 9.92. The molecule has 2 aromatic rings. The van der Waals surface area contributed by atoms with Crippen molar-refractivity contribution in [2.75, 3.05) is 0 Å². The van der Waals surface area contributed by atoms with Crippen LogP contribution in [0.25, 0.3) is 0 Å². The Balaban J connectivity index is 2.09. The lowest BCUT2D eigenvalue weighted by Crippen LogP contribution is -2.39. The zero-order chi connectivity index (χ0) is 15.2. The van der Waals surface area contributed by atoms with Gasteiger partial charge in [-0.2, -0.15) is 0 Å². The number of rotatable bonds is 1. The van der Waals surface area contributed by atoms with Crippen LogP contribution < -0.4 is 4.74 Å². The highest BCUT2D eigenvalue weighted by molar-refractivity contribution is 6.03. The second kappa shape index (κ2) is 4.39. The molecule has 6 nitrogen and oxygen atoms in total. The van der Waals surface area contributed by atoms with Gasteiger partial charge in [0, 0.05) is 17.7 Å². The maximum Gasteiger partial charge on any atom is 0.242 e. The zero-order valence-corrected chi connectivity index (χ0v) is 10.8. The lowest BCUT2D eigenvalue weighted by molar-refractivity contribution is -0.147. The molecule has 0 aliphatic carbocycles. The van der Waals surface area contributed by atoms with E-state index < -0.39 is 17.3 Å². The predicted molar refractivity (Wildman–Crippen MR) is 71.4 cm³/mol. The molecule has 6 heteroatoms. The molecule has 1 heterocycles. The van der Waals surface area contributed by atoms with Gasteiger partial charge in [-0.25, -0.2) is 0 Å². The van der Waals surface area contributed by atoms with Gasteiger partial charge in [0.05, 0.1) is 6.42 Å². The lowest BCUT2D eigenvalue weighted by Gasteiger charge is -2.33. The van der Waals surface area contributed by atoms with E-state index in [2.05, 4.69) is 0 Å². The highest BCUT2D eigenvalue weighted by Gasteiger charge is 2.42. The first-order valence-corrected chi connectivity index (χ1v) is 6.19. The van der Waals surface area contributed by atoms with Crippen molar-refractivity contribution >= 4 is 5.78 Å². The molecule has 2 aromatic carbocycles. The first-order valence-electron chi connectivity index (χ1n) is 6.19. The van der Waals surface area contributed by atoms with E-state index in [4.69, 9.17) is 4.74 Å². The average Bonchev–Trinajstić information content (AvgIpc) is 2.37. The average molecular weight is 288 g/mol. The molecule has 0 bridgehead atoms. The minimum atomic E-state index is -1.92. The van der Waals surface area contributed by atoms with Gasteiger partial charge in [0.25, 0.3) is 0 Å². The van der Waals surface area contributed by atoms with Crippen molar-refractivity contribution in [3.05, 3.63) is 47.5 Å². The number of aromatic hydroxyl groups is 3. The van der Waals surface area contributed by atoms with Gasteiger partial charge in [0.1, 0.15) is 28.6 Å². The Labute approximate surface area is 119 Å². The molecule has 0 radical (unpaired) electrons. The maximum atomic E-state index is 12.1. The van der Waals surface area contributed by atoms with E-state index in [0.717, 1.165) is 12.1 Å². The number of carbonyl (C=O) groups excluding carboxylic acids is 1. The Morgan fingerprint density at radius 3 is 2.33 bits per heavy atom. The summed E-state index contributed by atoms with van der Waals surface area (Å²) in [5.74, 6) is -3.20. The second-order valence-electron chi connectivity index (χ2n) is 4.87. The van der Waals surface area contributed by atoms with Crippen molar-refractivity contribution in [3.8, 4) is 23.0 Å². The van der Waals surface area contributed by atoms with E-state index in [-0.39, 0.29) is 34.8 Å². The molecular weight excluding hydrogens is 276 g/mol. The molecule has 1 atom stereocenters. The van der Waals surface area contributed by atoms with Crippen LogP contribution in [-0.4, -0.2) is 26.2 Å². The third-order valence-corrected chi connectivity index (χ3v) is 3.34. The van der Waals surface area contributed by atoms with Gasteiger partial charge in [-0.3, -0.25) is 4.79 Å². The molecule has 0 amide bonds. The minimum Gasteiger partial charge on any atom is -0.508 e. The van der Waals surface area contributed by atoms with Crippen LogP contribution >= 0.6 is 0 Å². The van der Waals surface area contributed by atoms with Gasteiger partial charge in [0.2, 0.25) is 5.79 Å². The number of hydrogen-bond donors (Lipinski definition) is 4. The summed E-state index contributed by atoms with van der Waals surface area (Å²) in [5, 5.41) is 39.0. The summed E-state index contributed by atoms with van der Waals surface area (Å²) in [4.78, 5) is 12.1. The van der Waals surface area contributed by atoms with Crippen LogP contribution in [-0.2, 0) is 5.79 Å². The molecule has 0 aromatic heterocycles. The van der Waals surface area contributed by atoms with Crippen LogP contribution in [0.4, 0.5) is 0 Å². The standard InChI is InChI=1S/C15H12O6/c16-9-3-1-8(2-4-9)15(20)7-12(19)14-11(18)5-10(17)6-13(14)21-15/h1-6,16-18,20H,7H2/t15-/m1/s1. The number of fused-ring (bicyclic) bond motifs is 1. The van der Waals surface area contributed by atoms with Crippen LogP contribution in [0, 0.1) is 0 Å². The van der Waals surface area contributed by atoms with E-state index in [1.54, 1.807) is 0 Å². The van der Waals surface area contributed by atoms with Gasteiger partial charge in [-0.05, 0) is 24.3 Å². The number of aliphatic hydroxyl groups is 1. The Morgan fingerprint density at radius 1 is 1.00 bits per heavy atom. The van der Waals surface area contributed by atoms with Crippen molar-refractivity contribution in [2.24, 2.45) is 0 Å². The molecule has 1 aliphatic rings. The number of ketones is 1. The molecule has 0 unspecified atom stereocenters. The molecule has 108 valence electrons. The van der Waals surface area contributed by atoms with E-state index in [1.165, 1.54) is 24.3 Å². The number of benzene rings is 2. The molecule has 4 N–H and O–H groups in total. The molecule has 0 saturated carbocycles. The van der Waals surface area contributed by atoms with Crippen LogP contribution in [0.5, 0.6) is 23.0 Å². The fraction of sp³-hybridized carbons (Fsp3) is 0.133. The Kier molecular flexibility index (Phi) is 2.77. The fourth-order valence-corrected chi connectivity index (χ4v) is 2.35. The highest BCUT2D eigenvalue weighted by atomic mass is 16.6. The minimum absolute atomic E-state index is 0.0141. The van der Waals surface area contributed by atoms with Crippen LogP contribution in [0.1, 0.15) is 22.3 Å². The summed E-state index contributed by atoms with van der Waals surface area (Å²) in [6.07, 6.45) is -0.386. The largest absolute Gasteiger partial charge is 0.508 e. The number of ether oxygens (including phenoxy) is 1. The van der Waals surface area contributed by atoms with E-state index in [9.17, 15) is 25.2 Å². The third kappa shape index (κ3) is 2.15. The number of Topliss-reactive ketones (excluding diaryl/α,β-unsaturated/α-hetero) is 1. The van der Waals surface area contributed by atoms with E-state index >= 15 is 0 Å². The summed E-state index contributed by atoms with van der Waals surface area (Å²) in [6, 6.07) is 7.75. The van der Waals surface area contributed by atoms with Crippen LogP contribution in [0.3, 0.4) is 0 Å². The molecule has 21 heavy (non-hydrogen) atoms. The SMILES string of the molecule is O=C1C[C@](O)(c2ccc(O)cc2)Oc2cc(O)cc(O)c21. The van der Waals surface area contributed by atoms with Crippen molar-refractivity contribution in [1.29, 1.82) is 0 Å². The summed E-state index contributed by atoms with van der Waals surface area (Å²) in [5.41, 5.74) is 0.207. The molecule has 3 rings (SSSR count). The van der Waals surface area contributed by atoms with Gasteiger partial charge in [0.15, 0.2) is 5.78 Å². The van der Waals surface area contributed by atoms with Crippen LogP contribution in [0.15, 0.2) is 36.4 Å². The van der Waals surface area contributed by atoms with Crippen molar-refractivity contribution < 1.29 is 30.0 Å². The summed E-state index contributed by atoms with van der Waals surface area (Å²) < 4.78 is 5.41. The number of hydrogen-bond acceptors (Lipinski definition) is 6. The summed E-state index contributed by atoms with van der Waals surface area (Å²) >= 11 is 0. The Morgan fingerprint density at radius 2 is 1.67 bits per heavy atom. The van der Waals surface area contributed by atoms with E-state index in [0.29, 0.717) is 0 Å². The highest BCUT2D eigenvalue weighted by Crippen LogP contribution is 2.43. The topological polar surface area (TPSA) is 107 Å². The second-order valence-corrected chi connectivity index (χ2v) is 4.87. The summed E-state index contributed by atoms with van der Waals surface area (Å²) in [6.45, 7) is 0. The van der Waals surface area contributed by atoms with E-state index in [1.807, 2.05) is 0 Å². The van der Waals surface area contributed by atoms with Crippen LogP contribution in [0.2, 0.25) is 0 Å². The zero-order valence-electron chi connectivity index (χ0n) is 10.8. The van der Waals surface area contributed by atoms with Gasteiger partial charge < -0.3 is 25.2 Å². The molecular formula is C15H12O6. The molecule has 0 fully saturated rings. The van der Waals surface area contributed by atoms with Crippen molar-refractivity contribution in [1.82, 2.24) is 0 Å². The molecule has 1 aliphatic heterocycles. The van der Waals surface area contributed by atoms with Gasteiger partial charge in [-0.1, -0.05) is 0 Å². The Hall–Kier alpha value is -2.73. The smallest absolute Gasteiger partial charge is 0.242 e. The maximum absolute atomic E-state index is 12.1. The Bertz CT molecular complexity index is 722. The number of carbonyl (C=O) groups is 1. The number of phenols is 3. The molecule has 0 spiro atoms. The van der Waals surface area contributed by atoms with Gasteiger partial charge in [-0.15, -0.1) is 0 Å².